The number of nitrogens with zero attached hydrogens (tertiary/aromatic N) is 1. The quantitative estimate of drug-likeness (QED) is 0.741. The van der Waals surface area contributed by atoms with Crippen LogP contribution in [0.3, 0.4) is 0 Å². The number of benzene rings is 1. The molecule has 7 heteroatoms. The lowest BCUT2D eigenvalue weighted by molar-refractivity contribution is -0.143. The summed E-state index contributed by atoms with van der Waals surface area (Å²) in [6.45, 7) is 0. The van der Waals surface area contributed by atoms with Crippen LogP contribution in [0.1, 0.15) is 24.8 Å². The number of carbonyl (C=O) groups excluding carboxylic acids is 3. The molecule has 0 unspecified atom stereocenters. The van der Waals surface area contributed by atoms with E-state index in [4.69, 9.17) is 0 Å². The van der Waals surface area contributed by atoms with Crippen LogP contribution >= 0.6 is 0 Å². The number of fused-ring (bicyclic) bond motifs is 2. The molecular formula is C17H14F3NO3. The number of alkyl halides is 3. The molecule has 0 radical (unpaired) electrons. The molecule has 1 aliphatic heterocycles. The fourth-order valence-electron chi connectivity index (χ4n) is 4.46. The Bertz CT molecular complexity index is 758. The Hall–Kier alpha value is -2.18. The summed E-state index contributed by atoms with van der Waals surface area (Å²) in [7, 11) is 0. The van der Waals surface area contributed by atoms with Crippen molar-refractivity contribution in [1.82, 2.24) is 0 Å². The van der Waals surface area contributed by atoms with Crippen molar-refractivity contribution in [3.63, 3.8) is 0 Å². The Labute approximate surface area is 135 Å². The molecule has 4 aliphatic rings. The van der Waals surface area contributed by atoms with Gasteiger partial charge in [-0.05, 0) is 37.0 Å². The van der Waals surface area contributed by atoms with E-state index in [9.17, 15) is 27.6 Å². The summed E-state index contributed by atoms with van der Waals surface area (Å²) in [6.07, 6.45) is -2.96. The molecule has 126 valence electrons. The van der Waals surface area contributed by atoms with Gasteiger partial charge >= 0.3 is 6.18 Å². The van der Waals surface area contributed by atoms with Gasteiger partial charge < -0.3 is 0 Å². The van der Waals surface area contributed by atoms with Crippen molar-refractivity contribution in [2.45, 2.75) is 25.4 Å². The lowest BCUT2D eigenvalue weighted by Gasteiger charge is -2.41. The van der Waals surface area contributed by atoms with E-state index in [1.54, 1.807) is 0 Å². The number of hydrogen-bond acceptors (Lipinski definition) is 3. The third-order valence-corrected chi connectivity index (χ3v) is 5.50. The van der Waals surface area contributed by atoms with Gasteiger partial charge in [-0.25, -0.2) is 0 Å². The third-order valence-electron chi connectivity index (χ3n) is 5.50. The second kappa shape index (κ2) is 4.91. The smallest absolute Gasteiger partial charge is 0.299 e. The van der Waals surface area contributed by atoms with Gasteiger partial charge in [0.15, 0.2) is 0 Å². The van der Waals surface area contributed by atoms with Crippen molar-refractivity contribution in [3.05, 3.63) is 29.8 Å². The van der Waals surface area contributed by atoms with E-state index in [1.807, 2.05) is 0 Å². The first-order valence-corrected chi connectivity index (χ1v) is 7.87. The van der Waals surface area contributed by atoms with E-state index in [0.717, 1.165) is 17.0 Å². The Morgan fingerprint density at radius 3 is 2.38 bits per heavy atom. The van der Waals surface area contributed by atoms with Crippen LogP contribution in [-0.4, -0.2) is 17.6 Å². The molecule has 1 heterocycles. The van der Waals surface area contributed by atoms with Crippen molar-refractivity contribution in [2.24, 2.45) is 23.7 Å². The van der Waals surface area contributed by atoms with E-state index < -0.39 is 41.3 Å². The molecule has 1 aromatic carbocycles. The zero-order valence-corrected chi connectivity index (χ0v) is 12.5. The van der Waals surface area contributed by atoms with Crippen LogP contribution in [0.25, 0.3) is 0 Å². The number of amides is 2. The van der Waals surface area contributed by atoms with Gasteiger partial charge in [-0.15, -0.1) is 0 Å². The molecule has 1 aromatic rings. The van der Waals surface area contributed by atoms with Crippen LogP contribution < -0.4 is 4.90 Å². The van der Waals surface area contributed by atoms with Crippen molar-refractivity contribution in [1.29, 1.82) is 0 Å². The van der Waals surface area contributed by atoms with Crippen molar-refractivity contribution < 1.29 is 27.6 Å². The van der Waals surface area contributed by atoms with Crippen LogP contribution in [0.4, 0.5) is 18.9 Å². The summed E-state index contributed by atoms with van der Waals surface area (Å²) >= 11 is 0. The fraction of sp³-hybridized carbons (Fsp3) is 0.471. The zero-order chi connectivity index (χ0) is 17.2. The zero-order valence-electron chi connectivity index (χ0n) is 12.5. The molecule has 0 aromatic heterocycles. The Kier molecular flexibility index (Phi) is 3.14. The summed E-state index contributed by atoms with van der Waals surface area (Å²) in [5, 5.41) is 0. The van der Waals surface area contributed by atoms with E-state index in [1.165, 1.54) is 12.1 Å². The topological polar surface area (TPSA) is 54.5 Å². The largest absolute Gasteiger partial charge is 0.416 e. The van der Waals surface area contributed by atoms with Crippen LogP contribution in [0.5, 0.6) is 0 Å². The van der Waals surface area contributed by atoms with Gasteiger partial charge in [-0.3, -0.25) is 19.3 Å². The summed E-state index contributed by atoms with van der Waals surface area (Å²) in [4.78, 5) is 38.3. The molecular weight excluding hydrogens is 323 g/mol. The molecule has 3 saturated carbocycles. The maximum absolute atomic E-state index is 12.9. The molecule has 24 heavy (non-hydrogen) atoms. The molecule has 2 amide bonds. The molecule has 0 spiro atoms. The molecule has 4 atom stereocenters. The molecule has 4 nitrogen and oxygen atoms in total. The molecule has 0 N–H and O–H groups in total. The number of anilines is 1. The highest BCUT2D eigenvalue weighted by molar-refractivity contribution is 6.23. The first-order chi connectivity index (χ1) is 11.3. The average molecular weight is 337 g/mol. The lowest BCUT2D eigenvalue weighted by atomic mass is 9.59. The predicted molar refractivity (Wildman–Crippen MR) is 76.8 cm³/mol. The van der Waals surface area contributed by atoms with Crippen molar-refractivity contribution >= 4 is 23.3 Å². The molecule has 3 aliphatic carbocycles. The standard InChI is InChI=1S/C17H14F3NO3/c18-17(19,20)9-2-1-3-10(7-9)21-15(23)13-8-4-5-11(12(22)6-8)14(13)16(21)24/h1-3,7-8,11,13-14H,4-6H2/t8-,11+,13+,14-/m1/s1. The lowest BCUT2D eigenvalue weighted by Crippen LogP contribution is -2.46. The maximum Gasteiger partial charge on any atom is 0.416 e. The van der Waals surface area contributed by atoms with E-state index >= 15 is 0 Å². The third kappa shape index (κ3) is 2.03. The second-order valence-electron chi connectivity index (χ2n) is 6.73. The van der Waals surface area contributed by atoms with E-state index in [-0.39, 0.29) is 17.4 Å². The molecule has 5 rings (SSSR count). The van der Waals surface area contributed by atoms with Gasteiger partial charge in [-0.2, -0.15) is 13.2 Å². The highest BCUT2D eigenvalue weighted by Gasteiger charge is 2.61. The molecule has 2 bridgehead atoms. The molecule has 4 fully saturated rings. The monoisotopic (exact) mass is 337 g/mol. The van der Waals surface area contributed by atoms with Gasteiger partial charge in [-0.1, -0.05) is 6.07 Å². The SMILES string of the molecule is O=C1C[C@H]2CC[C@@H]1[C@H]1C(=O)N(c3cccc(C(F)(F)F)c3)C(=O)[C@@H]21. The number of ketones is 1. The van der Waals surface area contributed by atoms with Gasteiger partial charge in [0.05, 0.1) is 23.1 Å². The Balaban J connectivity index is 1.74. The normalized spacial score (nSPS) is 32.5. The van der Waals surface area contributed by atoms with Crippen LogP contribution in [0.2, 0.25) is 0 Å². The van der Waals surface area contributed by atoms with E-state index in [2.05, 4.69) is 0 Å². The van der Waals surface area contributed by atoms with Crippen molar-refractivity contribution in [3.8, 4) is 0 Å². The maximum atomic E-state index is 12.9. The first-order valence-electron chi connectivity index (χ1n) is 7.87. The first kappa shape index (κ1) is 15.4. The van der Waals surface area contributed by atoms with Crippen LogP contribution in [0.15, 0.2) is 24.3 Å². The number of imide groups is 1. The Morgan fingerprint density at radius 1 is 1.00 bits per heavy atom. The van der Waals surface area contributed by atoms with Crippen LogP contribution in [0, 0.1) is 23.7 Å². The minimum atomic E-state index is -4.55. The number of halogens is 3. The minimum Gasteiger partial charge on any atom is -0.299 e. The Morgan fingerprint density at radius 2 is 1.71 bits per heavy atom. The van der Waals surface area contributed by atoms with Gasteiger partial charge in [0, 0.05) is 12.3 Å². The number of carbonyl (C=O) groups is 3. The average Bonchev–Trinajstić information content (AvgIpc) is 2.80. The summed E-state index contributed by atoms with van der Waals surface area (Å²) in [6, 6.07) is 4.22. The highest BCUT2D eigenvalue weighted by Crippen LogP contribution is 2.52. The number of Topliss-reactive ketones (excluding diaryl/α,β-unsaturated/α-hetero) is 1. The summed E-state index contributed by atoms with van der Waals surface area (Å²) in [5.41, 5.74) is -0.976. The van der Waals surface area contributed by atoms with Gasteiger partial charge in [0.1, 0.15) is 5.78 Å². The highest BCUT2D eigenvalue weighted by atomic mass is 19.4. The second-order valence-corrected chi connectivity index (χ2v) is 6.73. The molecule has 1 saturated heterocycles. The summed E-state index contributed by atoms with van der Waals surface area (Å²) in [5.74, 6) is -2.90. The van der Waals surface area contributed by atoms with Crippen molar-refractivity contribution in [2.75, 3.05) is 4.90 Å². The summed E-state index contributed by atoms with van der Waals surface area (Å²) < 4.78 is 38.7. The van der Waals surface area contributed by atoms with E-state index in [0.29, 0.717) is 19.3 Å². The van der Waals surface area contributed by atoms with Gasteiger partial charge in [0.25, 0.3) is 0 Å². The predicted octanol–water partition coefficient (Wildman–Crippen LogP) is 2.81. The number of rotatable bonds is 1. The minimum absolute atomic E-state index is 0.000424. The fourth-order valence-corrected chi connectivity index (χ4v) is 4.46. The number of hydrogen-bond donors (Lipinski definition) is 0. The van der Waals surface area contributed by atoms with Gasteiger partial charge in [0.2, 0.25) is 11.8 Å². The van der Waals surface area contributed by atoms with Crippen LogP contribution in [-0.2, 0) is 20.6 Å².